The second-order valence-corrected chi connectivity index (χ2v) is 7.07. The minimum absolute atomic E-state index is 0.0320. The highest BCUT2D eigenvalue weighted by atomic mass is 35.5. The molecule has 3 rings (SSSR count). The monoisotopic (exact) mass is 390 g/mol. The number of nitrogens with two attached hydrogens (primary N) is 1. The molecule has 1 amide bonds. The van der Waals surface area contributed by atoms with Crippen LogP contribution >= 0.6 is 11.6 Å². The number of nitrogens with one attached hydrogen (secondary N) is 1. The molecule has 4 N–H and O–H groups in total. The Labute approximate surface area is 156 Å². The van der Waals surface area contributed by atoms with E-state index in [1.54, 1.807) is 24.4 Å². The summed E-state index contributed by atoms with van der Waals surface area (Å²) >= 11 is 3.98. The molecular weight excluding hydrogens is 376 g/mol. The van der Waals surface area contributed by atoms with E-state index >= 15 is 0 Å². The number of nitrogens with zero attached hydrogens (tertiary/aromatic N) is 2. The first-order valence-corrected chi connectivity index (χ1v) is 9.17. The number of primary amides is 1. The number of benzene rings is 1. The van der Waals surface area contributed by atoms with E-state index in [1.807, 2.05) is 6.92 Å². The van der Waals surface area contributed by atoms with Crippen molar-refractivity contribution >= 4 is 50.9 Å². The number of carbonyl (C=O) groups is 1. The average Bonchev–Trinajstić information content (AvgIpc) is 2.54. The summed E-state index contributed by atoms with van der Waals surface area (Å²) in [5.41, 5.74) is 8.81. The highest BCUT2D eigenvalue weighted by molar-refractivity contribution is 7.78. The van der Waals surface area contributed by atoms with Crippen LogP contribution in [0.3, 0.4) is 0 Å². The van der Waals surface area contributed by atoms with Crippen molar-refractivity contribution < 1.29 is 13.6 Å². The maximum absolute atomic E-state index is 11.9. The molecule has 0 aliphatic rings. The van der Waals surface area contributed by atoms with Crippen molar-refractivity contribution in [2.75, 3.05) is 5.32 Å². The molecule has 3 aromatic rings. The summed E-state index contributed by atoms with van der Waals surface area (Å²) in [6.45, 7) is 1.84. The third-order valence-electron chi connectivity index (χ3n) is 3.75. The fraction of sp³-hybridized carbons (Fsp3) is 0.118. The molecule has 0 aliphatic heterocycles. The molecule has 134 valence electrons. The Balaban J connectivity index is 2.24. The van der Waals surface area contributed by atoms with Gasteiger partial charge in [-0.15, -0.1) is 0 Å². The van der Waals surface area contributed by atoms with Gasteiger partial charge in [-0.05, 0) is 30.2 Å². The van der Waals surface area contributed by atoms with Crippen LogP contribution in [0.5, 0.6) is 0 Å². The Hall–Kier alpha value is -2.55. The van der Waals surface area contributed by atoms with Gasteiger partial charge in [-0.25, -0.2) is 4.21 Å². The molecule has 2 heterocycles. The van der Waals surface area contributed by atoms with Gasteiger partial charge in [-0.3, -0.25) is 14.8 Å². The number of hydrogen-bond donors (Lipinski definition) is 3. The number of carbonyl (C=O) groups excluding carboxylic acids is 1. The molecule has 0 fully saturated rings. The minimum Gasteiger partial charge on any atom is -0.365 e. The molecule has 1 aromatic carbocycles. The first-order chi connectivity index (χ1) is 12.3. The normalized spacial score (nSPS) is 12.1. The zero-order chi connectivity index (χ0) is 18.8. The van der Waals surface area contributed by atoms with Crippen molar-refractivity contribution in [3.8, 4) is 0 Å². The van der Waals surface area contributed by atoms with E-state index in [-0.39, 0.29) is 11.3 Å². The maximum atomic E-state index is 11.9. The van der Waals surface area contributed by atoms with Gasteiger partial charge in [0.25, 0.3) is 5.91 Å². The van der Waals surface area contributed by atoms with Crippen LogP contribution in [-0.2, 0) is 16.8 Å². The zero-order valence-electron chi connectivity index (χ0n) is 13.7. The highest BCUT2D eigenvalue weighted by Gasteiger charge is 2.16. The topological polar surface area (TPSA) is 118 Å². The van der Waals surface area contributed by atoms with Crippen LogP contribution in [0.15, 0.2) is 36.8 Å². The van der Waals surface area contributed by atoms with E-state index < -0.39 is 17.0 Å². The van der Waals surface area contributed by atoms with Crippen LogP contribution in [0.25, 0.3) is 10.9 Å². The van der Waals surface area contributed by atoms with E-state index in [9.17, 15) is 13.6 Å². The number of pyridine rings is 2. The molecule has 2 aromatic heterocycles. The van der Waals surface area contributed by atoms with Crippen LogP contribution in [0.2, 0.25) is 5.02 Å². The predicted molar refractivity (Wildman–Crippen MR) is 102 cm³/mol. The summed E-state index contributed by atoms with van der Waals surface area (Å²) in [6.07, 6.45) is 4.45. The summed E-state index contributed by atoms with van der Waals surface area (Å²) in [6, 6.07) is 5.17. The van der Waals surface area contributed by atoms with Gasteiger partial charge in [0.2, 0.25) is 0 Å². The molecule has 1 unspecified atom stereocenters. The molecule has 0 saturated heterocycles. The Morgan fingerprint density at radius 1 is 1.31 bits per heavy atom. The van der Waals surface area contributed by atoms with Crippen molar-refractivity contribution in [2.24, 2.45) is 5.73 Å². The van der Waals surface area contributed by atoms with Crippen molar-refractivity contribution in [3.05, 3.63) is 58.5 Å². The minimum atomic E-state index is -1.99. The number of hydrogen-bond acceptors (Lipinski definition) is 5. The summed E-state index contributed by atoms with van der Waals surface area (Å²) in [5.74, 6) is -0.680. The van der Waals surface area contributed by atoms with E-state index in [4.69, 9.17) is 17.3 Å². The lowest BCUT2D eigenvalue weighted by molar-refractivity contribution is 0.100. The predicted octanol–water partition coefficient (Wildman–Crippen LogP) is 3.16. The van der Waals surface area contributed by atoms with Crippen LogP contribution in [0.1, 0.15) is 21.5 Å². The van der Waals surface area contributed by atoms with Gasteiger partial charge in [0, 0.05) is 17.8 Å². The summed E-state index contributed by atoms with van der Waals surface area (Å²) in [7, 11) is 0. The van der Waals surface area contributed by atoms with Crippen molar-refractivity contribution in [1.29, 1.82) is 0 Å². The fourth-order valence-electron chi connectivity index (χ4n) is 2.73. The van der Waals surface area contributed by atoms with Gasteiger partial charge < -0.3 is 15.6 Å². The van der Waals surface area contributed by atoms with Gasteiger partial charge >= 0.3 is 0 Å². The van der Waals surface area contributed by atoms with Crippen LogP contribution in [-0.4, -0.2) is 24.6 Å². The largest absolute Gasteiger partial charge is 0.365 e. The number of aryl methyl sites for hydroxylation is 1. The molecule has 0 spiro atoms. The Morgan fingerprint density at radius 3 is 2.73 bits per heavy atom. The van der Waals surface area contributed by atoms with E-state index in [0.717, 1.165) is 5.56 Å². The van der Waals surface area contributed by atoms with Gasteiger partial charge in [0.05, 0.1) is 39.4 Å². The molecule has 0 radical (unpaired) electrons. The second-order valence-electron chi connectivity index (χ2n) is 5.70. The number of aromatic nitrogens is 2. The molecular formula is C17H15ClN4O3S. The molecule has 0 saturated carbocycles. The number of rotatable bonds is 5. The number of amides is 1. The van der Waals surface area contributed by atoms with E-state index in [2.05, 4.69) is 15.3 Å². The first kappa shape index (κ1) is 18.2. The summed E-state index contributed by atoms with van der Waals surface area (Å²) < 4.78 is 20.4. The second kappa shape index (κ2) is 7.36. The molecule has 0 bridgehead atoms. The van der Waals surface area contributed by atoms with Gasteiger partial charge in [0.15, 0.2) is 11.1 Å². The highest BCUT2D eigenvalue weighted by Crippen LogP contribution is 2.32. The van der Waals surface area contributed by atoms with E-state index in [1.165, 1.54) is 12.4 Å². The number of anilines is 2. The van der Waals surface area contributed by atoms with E-state index in [0.29, 0.717) is 32.9 Å². The average molecular weight is 391 g/mol. The Morgan fingerprint density at radius 2 is 2.08 bits per heavy atom. The summed E-state index contributed by atoms with van der Waals surface area (Å²) in [4.78, 5) is 20.2. The molecule has 1 atom stereocenters. The maximum Gasteiger partial charge on any atom is 0.252 e. The lowest BCUT2D eigenvalue weighted by atomic mass is 10.0. The van der Waals surface area contributed by atoms with Crippen molar-refractivity contribution in [3.63, 3.8) is 0 Å². The van der Waals surface area contributed by atoms with Crippen LogP contribution in [0.4, 0.5) is 11.4 Å². The molecule has 0 aliphatic carbocycles. The lowest BCUT2D eigenvalue weighted by Gasteiger charge is -2.15. The first-order valence-electron chi connectivity index (χ1n) is 7.52. The SMILES string of the molecule is Cc1cc(CS(=O)O)cc2c(Nc3cncc(Cl)c3)c(C(N)=O)cnc12. The van der Waals surface area contributed by atoms with Gasteiger partial charge in [-0.1, -0.05) is 17.7 Å². The lowest BCUT2D eigenvalue weighted by Crippen LogP contribution is -2.14. The molecule has 9 heteroatoms. The fourth-order valence-corrected chi connectivity index (χ4v) is 3.35. The Bertz CT molecular complexity index is 1040. The summed E-state index contributed by atoms with van der Waals surface area (Å²) in [5, 5.41) is 4.16. The third-order valence-corrected chi connectivity index (χ3v) is 4.54. The van der Waals surface area contributed by atoms with Gasteiger partial charge in [0.1, 0.15) is 0 Å². The number of fused-ring (bicyclic) bond motifs is 1. The quantitative estimate of drug-likeness (QED) is 0.576. The molecule has 7 nitrogen and oxygen atoms in total. The van der Waals surface area contributed by atoms with Crippen LogP contribution < -0.4 is 11.1 Å². The standard InChI is InChI=1S/C17H15ClN4O3S/c1-9-2-10(8-26(24)25)3-13-15(9)21-7-14(17(19)23)16(13)22-12-4-11(18)5-20-6-12/h2-7H,8H2,1H3,(H2,19,23)(H,21,22)(H,24,25). The smallest absolute Gasteiger partial charge is 0.252 e. The molecule has 26 heavy (non-hydrogen) atoms. The third kappa shape index (κ3) is 3.82. The zero-order valence-corrected chi connectivity index (χ0v) is 15.3. The van der Waals surface area contributed by atoms with Crippen LogP contribution in [0, 0.1) is 6.92 Å². The Kier molecular flexibility index (Phi) is 5.17. The van der Waals surface area contributed by atoms with Crippen molar-refractivity contribution in [2.45, 2.75) is 12.7 Å². The van der Waals surface area contributed by atoms with Gasteiger partial charge in [-0.2, -0.15) is 0 Å². The van der Waals surface area contributed by atoms with Crippen molar-refractivity contribution in [1.82, 2.24) is 9.97 Å². The number of halogens is 1.